The van der Waals surface area contributed by atoms with Gasteiger partial charge in [-0.3, -0.25) is 0 Å². The van der Waals surface area contributed by atoms with E-state index in [0.717, 1.165) is 6.08 Å². The van der Waals surface area contributed by atoms with Crippen LogP contribution in [0.5, 0.6) is 0 Å². The molecular weight excluding hydrogens is 154 g/mol. The number of aliphatic carboxylic acids is 1. The molecule has 1 saturated carbocycles. The van der Waals surface area contributed by atoms with E-state index in [2.05, 4.69) is 0 Å². The normalized spacial score (nSPS) is 23.5. The maximum atomic E-state index is 12.1. The number of alkyl halides is 2. The monoisotopic (exact) mass is 161 g/mol. The van der Waals surface area contributed by atoms with Crippen LogP contribution < -0.4 is 5.11 Å². The van der Waals surface area contributed by atoms with Crippen LogP contribution in [-0.4, -0.2) is 11.9 Å². The predicted octanol–water partition coefficient (Wildman–Crippen LogP) is 0.338. The van der Waals surface area contributed by atoms with Crippen LogP contribution in [0.15, 0.2) is 12.2 Å². The van der Waals surface area contributed by atoms with Gasteiger partial charge in [-0.05, 0) is 12.0 Å². The van der Waals surface area contributed by atoms with Gasteiger partial charge in [-0.2, -0.15) is 0 Å². The maximum Gasteiger partial charge on any atom is 0.249 e. The highest BCUT2D eigenvalue weighted by molar-refractivity contribution is 5.77. The van der Waals surface area contributed by atoms with Crippen LogP contribution in [-0.2, 0) is 4.79 Å². The van der Waals surface area contributed by atoms with E-state index in [-0.39, 0.29) is 18.8 Å². The lowest BCUT2D eigenvalue weighted by Crippen LogP contribution is -2.34. The minimum Gasteiger partial charge on any atom is -0.545 e. The van der Waals surface area contributed by atoms with E-state index >= 15 is 0 Å². The lowest BCUT2D eigenvalue weighted by molar-refractivity contribution is -0.297. The van der Waals surface area contributed by atoms with E-state index in [1.807, 2.05) is 0 Å². The summed E-state index contributed by atoms with van der Waals surface area (Å²) in [4.78, 5) is 9.82. The largest absolute Gasteiger partial charge is 0.545 e. The molecule has 0 radical (unpaired) electrons. The predicted molar refractivity (Wildman–Crippen MR) is 31.8 cm³/mol. The van der Waals surface area contributed by atoms with E-state index in [1.165, 1.54) is 6.08 Å². The van der Waals surface area contributed by atoms with Crippen LogP contribution in [0.25, 0.3) is 0 Å². The molecule has 0 aromatic rings. The first-order valence-corrected chi connectivity index (χ1v) is 3.27. The first kappa shape index (κ1) is 8.17. The second-order valence-corrected chi connectivity index (χ2v) is 2.70. The minimum atomic E-state index is -2.58. The Labute approximate surface area is 62.5 Å². The van der Waals surface area contributed by atoms with Gasteiger partial charge in [0.25, 0.3) is 0 Å². The van der Waals surface area contributed by atoms with Crippen molar-refractivity contribution in [3.05, 3.63) is 12.2 Å². The maximum absolute atomic E-state index is 12.1. The zero-order chi connectivity index (χ0) is 8.48. The lowest BCUT2D eigenvalue weighted by Gasteiger charge is -2.32. The third kappa shape index (κ3) is 2.29. The zero-order valence-electron chi connectivity index (χ0n) is 5.72. The highest BCUT2D eigenvalue weighted by atomic mass is 19.3. The number of carboxylic acids is 1. The SMILES string of the molecule is O=C([O-])C=CC1CC(F)(F)C1. The van der Waals surface area contributed by atoms with E-state index in [4.69, 9.17) is 0 Å². The molecule has 0 saturated heterocycles. The van der Waals surface area contributed by atoms with Crippen LogP contribution in [0.4, 0.5) is 8.78 Å². The molecule has 0 bridgehead atoms. The summed E-state index contributed by atoms with van der Waals surface area (Å²) < 4.78 is 24.2. The van der Waals surface area contributed by atoms with Crippen molar-refractivity contribution in [1.82, 2.24) is 0 Å². The summed E-state index contributed by atoms with van der Waals surface area (Å²) in [6, 6.07) is 0. The molecule has 4 heteroatoms. The van der Waals surface area contributed by atoms with Gasteiger partial charge in [-0.15, -0.1) is 0 Å². The van der Waals surface area contributed by atoms with Gasteiger partial charge in [0.2, 0.25) is 5.92 Å². The molecule has 1 fully saturated rings. The smallest absolute Gasteiger partial charge is 0.249 e. The summed E-state index contributed by atoms with van der Waals surface area (Å²) in [6.45, 7) is 0. The van der Waals surface area contributed by atoms with Gasteiger partial charge in [0.15, 0.2) is 0 Å². The summed E-state index contributed by atoms with van der Waals surface area (Å²) in [5.41, 5.74) is 0. The molecule has 0 heterocycles. The van der Waals surface area contributed by atoms with Crippen molar-refractivity contribution in [2.75, 3.05) is 0 Å². The molecule has 0 N–H and O–H groups in total. The molecule has 0 aromatic carbocycles. The molecule has 0 aliphatic heterocycles. The Morgan fingerprint density at radius 2 is 2.09 bits per heavy atom. The average Bonchev–Trinajstić information content (AvgIpc) is 1.78. The van der Waals surface area contributed by atoms with Gasteiger partial charge in [0.05, 0.1) is 5.97 Å². The van der Waals surface area contributed by atoms with Crippen LogP contribution in [0.2, 0.25) is 0 Å². The Morgan fingerprint density at radius 1 is 1.55 bits per heavy atom. The quantitative estimate of drug-likeness (QED) is 0.548. The van der Waals surface area contributed by atoms with Crippen LogP contribution in [0, 0.1) is 5.92 Å². The van der Waals surface area contributed by atoms with Crippen LogP contribution in [0.1, 0.15) is 12.8 Å². The molecular formula is C7H7F2O2-. The second kappa shape index (κ2) is 2.60. The Morgan fingerprint density at radius 3 is 2.45 bits per heavy atom. The van der Waals surface area contributed by atoms with Crippen molar-refractivity contribution >= 4 is 5.97 Å². The van der Waals surface area contributed by atoms with Gasteiger partial charge >= 0.3 is 0 Å². The molecule has 1 aliphatic rings. The first-order valence-electron chi connectivity index (χ1n) is 3.27. The molecule has 62 valence electrons. The summed E-state index contributed by atoms with van der Waals surface area (Å²) in [5, 5.41) is 9.82. The third-order valence-electron chi connectivity index (χ3n) is 1.63. The summed E-state index contributed by atoms with van der Waals surface area (Å²) in [5.74, 6) is -4.20. The van der Waals surface area contributed by atoms with Gasteiger partial charge in [-0.25, -0.2) is 8.78 Å². The molecule has 11 heavy (non-hydrogen) atoms. The Hall–Kier alpha value is -0.930. The van der Waals surface area contributed by atoms with Gasteiger partial charge in [-0.1, -0.05) is 6.08 Å². The number of carboxylic acid groups (broad SMARTS) is 1. The summed E-state index contributed by atoms with van der Waals surface area (Å²) >= 11 is 0. The number of halogens is 2. The van der Waals surface area contributed by atoms with Crippen molar-refractivity contribution in [3.63, 3.8) is 0 Å². The first-order chi connectivity index (χ1) is 4.99. The van der Waals surface area contributed by atoms with E-state index in [0.29, 0.717) is 0 Å². The fourth-order valence-corrected chi connectivity index (χ4v) is 1.06. The fraction of sp³-hybridized carbons (Fsp3) is 0.571. The molecule has 1 rings (SSSR count). The number of hydrogen-bond donors (Lipinski definition) is 0. The average molecular weight is 161 g/mol. The molecule has 0 spiro atoms. The van der Waals surface area contributed by atoms with Crippen molar-refractivity contribution in [3.8, 4) is 0 Å². The molecule has 2 nitrogen and oxygen atoms in total. The van der Waals surface area contributed by atoms with Gasteiger partial charge in [0, 0.05) is 12.8 Å². The number of allylic oxidation sites excluding steroid dienone is 1. The van der Waals surface area contributed by atoms with Crippen molar-refractivity contribution in [2.45, 2.75) is 18.8 Å². The molecule has 1 aliphatic carbocycles. The molecule has 0 unspecified atom stereocenters. The number of carbonyl (C=O) groups is 1. The molecule has 0 atom stereocenters. The Bertz CT molecular complexity index is 191. The van der Waals surface area contributed by atoms with Crippen molar-refractivity contribution in [2.24, 2.45) is 5.92 Å². The number of rotatable bonds is 2. The highest BCUT2D eigenvalue weighted by Gasteiger charge is 2.43. The van der Waals surface area contributed by atoms with E-state index < -0.39 is 11.9 Å². The number of hydrogen-bond acceptors (Lipinski definition) is 2. The minimum absolute atomic E-state index is 0.239. The second-order valence-electron chi connectivity index (χ2n) is 2.70. The Kier molecular flexibility index (Phi) is 1.93. The van der Waals surface area contributed by atoms with E-state index in [9.17, 15) is 18.7 Å². The van der Waals surface area contributed by atoms with Gasteiger partial charge in [0.1, 0.15) is 0 Å². The van der Waals surface area contributed by atoms with Crippen molar-refractivity contribution < 1.29 is 18.7 Å². The standard InChI is InChI=1S/C7H8F2O2/c8-7(9)3-5(4-7)1-2-6(10)11/h1-2,5H,3-4H2,(H,10,11)/p-1. The number of carbonyl (C=O) groups excluding carboxylic acids is 1. The van der Waals surface area contributed by atoms with Crippen molar-refractivity contribution in [1.29, 1.82) is 0 Å². The van der Waals surface area contributed by atoms with E-state index in [1.54, 1.807) is 0 Å². The fourth-order valence-electron chi connectivity index (χ4n) is 1.06. The zero-order valence-corrected chi connectivity index (χ0v) is 5.72. The summed E-state index contributed by atoms with van der Waals surface area (Å²) in [6.07, 6.45) is 1.58. The molecule has 0 aromatic heterocycles. The third-order valence-corrected chi connectivity index (χ3v) is 1.63. The van der Waals surface area contributed by atoms with Crippen LogP contribution in [0.3, 0.4) is 0 Å². The van der Waals surface area contributed by atoms with Crippen LogP contribution >= 0.6 is 0 Å². The van der Waals surface area contributed by atoms with Gasteiger partial charge < -0.3 is 9.90 Å². The molecule has 0 amide bonds. The summed E-state index contributed by atoms with van der Waals surface area (Å²) in [7, 11) is 0. The lowest BCUT2D eigenvalue weighted by atomic mass is 9.81. The topological polar surface area (TPSA) is 40.1 Å². The highest BCUT2D eigenvalue weighted by Crippen LogP contribution is 2.42. The Balaban J connectivity index is 2.29.